The fourth-order valence-electron chi connectivity index (χ4n) is 4.75. The van der Waals surface area contributed by atoms with Gasteiger partial charge in [0.2, 0.25) is 10.0 Å². The van der Waals surface area contributed by atoms with Gasteiger partial charge in [0.15, 0.2) is 11.6 Å². The quantitative estimate of drug-likeness (QED) is 0.554. The van der Waals surface area contributed by atoms with Gasteiger partial charge in [0.05, 0.1) is 30.1 Å². The van der Waals surface area contributed by atoms with Crippen LogP contribution in [0.15, 0.2) is 18.3 Å². The SMILES string of the molecule is Cc1nc2c(F)cc(-c3nc(C[C@@H]4CCN(S(C)(=O)=O)C[C@H]4O)ncc3F)cc2n1C1CNC1. The Morgan fingerprint density at radius 2 is 1.97 bits per heavy atom. The molecule has 0 amide bonds. The maximum absolute atomic E-state index is 15.0. The Hall–Kier alpha value is -2.54. The Morgan fingerprint density at radius 1 is 1.21 bits per heavy atom. The number of rotatable bonds is 5. The molecular formula is C22H26F2N6O3S. The van der Waals surface area contributed by atoms with Crippen LogP contribution in [0, 0.1) is 24.5 Å². The van der Waals surface area contributed by atoms with Gasteiger partial charge in [0.25, 0.3) is 0 Å². The molecule has 0 bridgehead atoms. The van der Waals surface area contributed by atoms with Crippen molar-refractivity contribution >= 4 is 21.1 Å². The Kier molecular flexibility index (Phi) is 5.87. The molecule has 9 nitrogen and oxygen atoms in total. The van der Waals surface area contributed by atoms with E-state index in [4.69, 9.17) is 0 Å². The largest absolute Gasteiger partial charge is 0.391 e. The summed E-state index contributed by atoms with van der Waals surface area (Å²) in [4.78, 5) is 12.8. The summed E-state index contributed by atoms with van der Waals surface area (Å²) in [5.41, 5.74) is 1.09. The number of hydrogen-bond donors (Lipinski definition) is 2. The molecule has 5 rings (SSSR count). The number of aryl methyl sites for hydroxylation is 1. The van der Waals surface area contributed by atoms with Crippen LogP contribution in [0.5, 0.6) is 0 Å². The maximum atomic E-state index is 15.0. The fraction of sp³-hybridized carbons (Fsp3) is 0.500. The molecule has 2 aliphatic rings. The first kappa shape index (κ1) is 23.2. The number of β-amino-alcohol motifs (C(OH)–C–C–N with tert-alkyl or cyclic N) is 1. The van der Waals surface area contributed by atoms with E-state index in [0.29, 0.717) is 23.6 Å². The zero-order chi connectivity index (χ0) is 24.2. The number of aliphatic hydroxyl groups is 1. The van der Waals surface area contributed by atoms with Crippen LogP contribution >= 0.6 is 0 Å². The number of aliphatic hydroxyl groups excluding tert-OH is 1. The van der Waals surface area contributed by atoms with E-state index in [-0.39, 0.29) is 48.2 Å². The highest BCUT2D eigenvalue weighted by Crippen LogP contribution is 2.31. The normalized spacial score (nSPS) is 22.3. The Balaban J connectivity index is 1.45. The maximum Gasteiger partial charge on any atom is 0.211 e. The topological polar surface area (TPSA) is 113 Å². The number of aromatic nitrogens is 4. The van der Waals surface area contributed by atoms with Crippen molar-refractivity contribution in [1.29, 1.82) is 0 Å². The van der Waals surface area contributed by atoms with Crippen LogP contribution in [-0.2, 0) is 16.4 Å². The van der Waals surface area contributed by atoms with Crippen LogP contribution in [0.1, 0.15) is 24.1 Å². The molecule has 0 unspecified atom stereocenters. The molecule has 2 atom stereocenters. The number of fused-ring (bicyclic) bond motifs is 1. The Labute approximate surface area is 195 Å². The van der Waals surface area contributed by atoms with Crippen LogP contribution in [0.3, 0.4) is 0 Å². The van der Waals surface area contributed by atoms with Gasteiger partial charge in [-0.05, 0) is 31.4 Å². The van der Waals surface area contributed by atoms with Crippen molar-refractivity contribution in [2.45, 2.75) is 31.9 Å². The summed E-state index contributed by atoms with van der Waals surface area (Å²) in [6, 6.07) is 3.09. The Morgan fingerprint density at radius 3 is 2.62 bits per heavy atom. The molecule has 182 valence electrons. The minimum Gasteiger partial charge on any atom is -0.391 e. The third-order valence-corrected chi connectivity index (χ3v) is 7.99. The first-order valence-electron chi connectivity index (χ1n) is 11.2. The highest BCUT2D eigenvalue weighted by molar-refractivity contribution is 7.88. The third-order valence-electron chi connectivity index (χ3n) is 6.72. The number of halogens is 2. The van der Waals surface area contributed by atoms with Crippen molar-refractivity contribution in [3.63, 3.8) is 0 Å². The van der Waals surface area contributed by atoms with Crippen LogP contribution in [0.25, 0.3) is 22.3 Å². The molecule has 34 heavy (non-hydrogen) atoms. The van der Waals surface area contributed by atoms with E-state index >= 15 is 0 Å². The van der Waals surface area contributed by atoms with E-state index < -0.39 is 27.8 Å². The van der Waals surface area contributed by atoms with Gasteiger partial charge in [-0.3, -0.25) is 0 Å². The van der Waals surface area contributed by atoms with Gasteiger partial charge in [-0.2, -0.15) is 4.31 Å². The second-order valence-electron chi connectivity index (χ2n) is 9.09. The molecule has 0 radical (unpaired) electrons. The number of imidazole rings is 1. The standard InChI is InChI=1S/C22H26F2N6O3S/c1-12-27-22-16(23)5-14(6-18(22)30(12)15-8-25-9-15)21-17(24)10-26-20(28-21)7-13-3-4-29(11-19(13)31)34(2,32)33/h5-6,10,13,15,19,25,31H,3-4,7-9,11H2,1-2H3/t13-,19+/m0/s1. The summed E-state index contributed by atoms with van der Waals surface area (Å²) in [7, 11) is -3.39. The fourth-order valence-corrected chi connectivity index (χ4v) is 5.61. The van der Waals surface area contributed by atoms with Crippen LogP contribution < -0.4 is 5.32 Å². The molecule has 2 fully saturated rings. The van der Waals surface area contributed by atoms with Gasteiger partial charge in [-0.25, -0.2) is 32.2 Å². The molecule has 12 heteroatoms. The van der Waals surface area contributed by atoms with Crippen molar-refractivity contribution in [3.05, 3.63) is 41.6 Å². The van der Waals surface area contributed by atoms with Crippen molar-refractivity contribution in [1.82, 2.24) is 29.1 Å². The minimum atomic E-state index is -3.39. The second-order valence-corrected chi connectivity index (χ2v) is 11.1. The minimum absolute atomic E-state index is 0.00120. The summed E-state index contributed by atoms with van der Waals surface area (Å²) in [5, 5.41) is 13.7. The monoisotopic (exact) mass is 492 g/mol. The van der Waals surface area contributed by atoms with Gasteiger partial charge < -0.3 is 15.0 Å². The van der Waals surface area contributed by atoms with Gasteiger partial charge in [0, 0.05) is 38.2 Å². The van der Waals surface area contributed by atoms with Crippen LogP contribution in [0.4, 0.5) is 8.78 Å². The first-order valence-corrected chi connectivity index (χ1v) is 13.0. The molecule has 2 saturated heterocycles. The molecule has 4 heterocycles. The van der Waals surface area contributed by atoms with Gasteiger partial charge >= 0.3 is 0 Å². The summed E-state index contributed by atoms with van der Waals surface area (Å²) >= 11 is 0. The zero-order valence-electron chi connectivity index (χ0n) is 18.9. The average molecular weight is 493 g/mol. The molecule has 2 aliphatic heterocycles. The van der Waals surface area contributed by atoms with E-state index in [1.807, 2.05) is 11.5 Å². The highest BCUT2D eigenvalue weighted by atomic mass is 32.2. The molecule has 2 aromatic heterocycles. The number of sulfonamides is 1. The number of hydrogen-bond acceptors (Lipinski definition) is 7. The lowest BCUT2D eigenvalue weighted by atomic mass is 9.91. The molecule has 0 aliphatic carbocycles. The summed E-state index contributed by atoms with van der Waals surface area (Å²) in [5.74, 6) is -0.504. The van der Waals surface area contributed by atoms with E-state index in [9.17, 15) is 22.3 Å². The van der Waals surface area contributed by atoms with E-state index in [1.54, 1.807) is 6.07 Å². The van der Waals surface area contributed by atoms with Crippen molar-refractivity contribution in [3.8, 4) is 11.3 Å². The first-order chi connectivity index (χ1) is 16.1. The summed E-state index contributed by atoms with van der Waals surface area (Å²) in [6.07, 6.45) is 1.96. The lowest BCUT2D eigenvalue weighted by molar-refractivity contribution is 0.0513. The number of benzene rings is 1. The van der Waals surface area contributed by atoms with Crippen LogP contribution in [-0.4, -0.2) is 75.9 Å². The predicted molar refractivity (Wildman–Crippen MR) is 122 cm³/mol. The van der Waals surface area contributed by atoms with Gasteiger partial charge in [-0.15, -0.1) is 0 Å². The third kappa shape index (κ3) is 4.19. The lowest BCUT2D eigenvalue weighted by Crippen LogP contribution is -2.46. The Bertz CT molecular complexity index is 1360. The highest BCUT2D eigenvalue weighted by Gasteiger charge is 2.32. The molecule has 3 aromatic rings. The predicted octanol–water partition coefficient (Wildman–Crippen LogP) is 1.41. The van der Waals surface area contributed by atoms with E-state index in [1.165, 1.54) is 10.4 Å². The number of nitrogens with one attached hydrogen (secondary N) is 1. The molecular weight excluding hydrogens is 466 g/mol. The molecule has 0 saturated carbocycles. The van der Waals surface area contributed by atoms with Crippen molar-refractivity contribution < 1.29 is 22.3 Å². The van der Waals surface area contributed by atoms with Gasteiger partial charge in [0.1, 0.15) is 22.9 Å². The summed E-state index contributed by atoms with van der Waals surface area (Å²) in [6.45, 7) is 3.62. The molecule has 1 aromatic carbocycles. The van der Waals surface area contributed by atoms with E-state index in [0.717, 1.165) is 25.5 Å². The smallest absolute Gasteiger partial charge is 0.211 e. The van der Waals surface area contributed by atoms with Crippen molar-refractivity contribution in [2.75, 3.05) is 32.4 Å². The molecule has 0 spiro atoms. The van der Waals surface area contributed by atoms with E-state index in [2.05, 4.69) is 20.3 Å². The van der Waals surface area contributed by atoms with Gasteiger partial charge in [-0.1, -0.05) is 0 Å². The average Bonchev–Trinajstić information content (AvgIpc) is 3.05. The number of piperidine rings is 1. The molecule has 2 N–H and O–H groups in total. The van der Waals surface area contributed by atoms with Crippen molar-refractivity contribution in [2.24, 2.45) is 5.92 Å². The second kappa shape index (κ2) is 8.59. The lowest BCUT2D eigenvalue weighted by Gasteiger charge is -2.34. The zero-order valence-corrected chi connectivity index (χ0v) is 19.7. The summed E-state index contributed by atoms with van der Waals surface area (Å²) < 4.78 is 56.4. The number of nitrogens with zero attached hydrogens (tertiary/aromatic N) is 5. The van der Waals surface area contributed by atoms with Crippen LogP contribution in [0.2, 0.25) is 0 Å².